The van der Waals surface area contributed by atoms with Gasteiger partial charge in [0.1, 0.15) is 6.33 Å². The van der Waals surface area contributed by atoms with E-state index in [2.05, 4.69) is 14.9 Å². The van der Waals surface area contributed by atoms with E-state index in [-0.39, 0.29) is 10.6 Å². The van der Waals surface area contributed by atoms with E-state index in [0.717, 1.165) is 18.8 Å². The molecule has 2 aliphatic rings. The summed E-state index contributed by atoms with van der Waals surface area (Å²) in [6.45, 7) is 4.96. The van der Waals surface area contributed by atoms with Crippen molar-refractivity contribution >= 4 is 34.6 Å². The Morgan fingerprint density at radius 3 is 2.18 bits per heavy atom. The molecule has 1 aromatic heterocycles. The number of halogens is 1. The molecule has 2 saturated heterocycles. The van der Waals surface area contributed by atoms with Crippen LogP contribution >= 0.6 is 11.6 Å². The third-order valence-corrected chi connectivity index (χ3v) is 5.26. The molecule has 3 heterocycles. The number of nitrogens with zero attached hydrogens (tertiary/aromatic N) is 6. The molecule has 0 bridgehead atoms. The number of ether oxygens (including phenoxy) is 1. The van der Waals surface area contributed by atoms with E-state index in [9.17, 15) is 10.1 Å². The van der Waals surface area contributed by atoms with Crippen LogP contribution in [0.25, 0.3) is 0 Å². The topological polar surface area (TPSA) is 87.9 Å². The SMILES string of the molecule is O=[N+]([O-])c1c(N2CCOCC2)ncnc1N1CCN(c2cccc(Cl)c2)CC1. The van der Waals surface area contributed by atoms with Crippen molar-refractivity contribution in [3.63, 3.8) is 0 Å². The molecule has 1 aromatic carbocycles. The van der Waals surface area contributed by atoms with Gasteiger partial charge in [-0.05, 0) is 18.2 Å². The molecule has 28 heavy (non-hydrogen) atoms. The van der Waals surface area contributed by atoms with Crippen molar-refractivity contribution in [1.82, 2.24) is 9.97 Å². The lowest BCUT2D eigenvalue weighted by atomic mass is 10.2. The monoisotopic (exact) mass is 404 g/mol. The minimum atomic E-state index is -0.372. The first-order valence-electron chi connectivity index (χ1n) is 9.21. The average molecular weight is 405 g/mol. The van der Waals surface area contributed by atoms with Gasteiger partial charge >= 0.3 is 5.69 Å². The van der Waals surface area contributed by atoms with Gasteiger partial charge < -0.3 is 19.4 Å². The molecule has 0 saturated carbocycles. The number of anilines is 3. The Hall–Kier alpha value is -2.65. The molecular formula is C18H21ClN6O3. The molecular weight excluding hydrogens is 384 g/mol. The first-order valence-corrected chi connectivity index (χ1v) is 9.59. The van der Waals surface area contributed by atoms with Crippen LogP contribution in [-0.2, 0) is 4.74 Å². The van der Waals surface area contributed by atoms with Crippen molar-refractivity contribution in [2.24, 2.45) is 0 Å². The molecule has 2 fully saturated rings. The molecule has 0 radical (unpaired) electrons. The zero-order valence-electron chi connectivity index (χ0n) is 15.3. The standard InChI is InChI=1S/C18H21ClN6O3/c19-14-2-1-3-15(12-14)22-4-6-23(7-5-22)17-16(25(26)27)18(21-13-20-17)24-8-10-28-11-9-24/h1-3,12-13H,4-11H2. The molecule has 0 aliphatic carbocycles. The number of benzene rings is 1. The summed E-state index contributed by atoms with van der Waals surface area (Å²) in [6.07, 6.45) is 1.41. The van der Waals surface area contributed by atoms with Gasteiger partial charge in [0.2, 0.25) is 11.6 Å². The van der Waals surface area contributed by atoms with Gasteiger partial charge in [-0.25, -0.2) is 9.97 Å². The molecule has 148 valence electrons. The van der Waals surface area contributed by atoms with E-state index in [0.29, 0.717) is 56.1 Å². The summed E-state index contributed by atoms with van der Waals surface area (Å²) >= 11 is 6.09. The van der Waals surface area contributed by atoms with Crippen LogP contribution in [0.1, 0.15) is 0 Å². The molecule has 0 spiro atoms. The van der Waals surface area contributed by atoms with Crippen LogP contribution in [0.2, 0.25) is 5.02 Å². The highest BCUT2D eigenvalue weighted by molar-refractivity contribution is 6.30. The van der Waals surface area contributed by atoms with Gasteiger partial charge in [0.15, 0.2) is 0 Å². The minimum Gasteiger partial charge on any atom is -0.378 e. The summed E-state index contributed by atoms with van der Waals surface area (Å²) in [5.74, 6) is 0.753. The van der Waals surface area contributed by atoms with E-state index in [1.54, 1.807) is 0 Å². The average Bonchev–Trinajstić information content (AvgIpc) is 2.74. The predicted octanol–water partition coefficient (Wildman–Crippen LogP) is 2.20. The van der Waals surface area contributed by atoms with Crippen molar-refractivity contribution in [3.8, 4) is 0 Å². The Labute approximate surface area is 167 Å². The number of nitro groups is 1. The Balaban J connectivity index is 1.55. The highest BCUT2D eigenvalue weighted by Crippen LogP contribution is 2.35. The van der Waals surface area contributed by atoms with Crippen molar-refractivity contribution in [3.05, 3.63) is 45.7 Å². The van der Waals surface area contributed by atoms with Crippen LogP contribution in [0.4, 0.5) is 23.0 Å². The van der Waals surface area contributed by atoms with Gasteiger partial charge in [0.25, 0.3) is 0 Å². The second-order valence-corrected chi connectivity index (χ2v) is 7.12. The van der Waals surface area contributed by atoms with Crippen molar-refractivity contribution < 1.29 is 9.66 Å². The van der Waals surface area contributed by atoms with Gasteiger partial charge in [-0.2, -0.15) is 0 Å². The summed E-state index contributed by atoms with van der Waals surface area (Å²) in [5, 5.41) is 12.6. The molecule has 2 aliphatic heterocycles. The summed E-state index contributed by atoms with van der Waals surface area (Å²) in [6, 6.07) is 7.72. The molecule has 2 aromatic rings. The Morgan fingerprint density at radius 2 is 1.57 bits per heavy atom. The van der Waals surface area contributed by atoms with Crippen molar-refractivity contribution in [2.75, 3.05) is 67.2 Å². The Kier molecular flexibility index (Phi) is 5.45. The molecule has 4 rings (SSSR count). The van der Waals surface area contributed by atoms with E-state index >= 15 is 0 Å². The zero-order chi connectivity index (χ0) is 19.5. The maximum atomic E-state index is 11.9. The van der Waals surface area contributed by atoms with Crippen LogP contribution in [0, 0.1) is 10.1 Å². The van der Waals surface area contributed by atoms with Gasteiger partial charge in [0, 0.05) is 50.0 Å². The lowest BCUT2D eigenvalue weighted by Crippen LogP contribution is -2.47. The molecule has 0 amide bonds. The van der Waals surface area contributed by atoms with Gasteiger partial charge in [-0.3, -0.25) is 10.1 Å². The highest BCUT2D eigenvalue weighted by Gasteiger charge is 2.32. The first kappa shape index (κ1) is 18.7. The Morgan fingerprint density at radius 1 is 0.964 bits per heavy atom. The molecule has 0 N–H and O–H groups in total. The number of morpholine rings is 1. The van der Waals surface area contributed by atoms with Gasteiger partial charge in [0.05, 0.1) is 18.1 Å². The number of rotatable bonds is 4. The van der Waals surface area contributed by atoms with Gasteiger partial charge in [-0.1, -0.05) is 17.7 Å². The quantitative estimate of drug-likeness (QED) is 0.566. The molecule has 9 nitrogen and oxygen atoms in total. The summed E-state index contributed by atoms with van der Waals surface area (Å²) in [4.78, 5) is 26.1. The van der Waals surface area contributed by atoms with E-state index in [1.807, 2.05) is 34.1 Å². The van der Waals surface area contributed by atoms with Crippen LogP contribution < -0.4 is 14.7 Å². The molecule has 0 atom stereocenters. The molecule has 0 unspecified atom stereocenters. The van der Waals surface area contributed by atoms with Gasteiger partial charge in [-0.15, -0.1) is 0 Å². The maximum absolute atomic E-state index is 11.9. The predicted molar refractivity (Wildman–Crippen MR) is 108 cm³/mol. The summed E-state index contributed by atoms with van der Waals surface area (Å²) in [5.41, 5.74) is 1.03. The smallest absolute Gasteiger partial charge is 0.353 e. The lowest BCUT2D eigenvalue weighted by Gasteiger charge is -2.37. The maximum Gasteiger partial charge on any atom is 0.353 e. The van der Waals surface area contributed by atoms with Crippen LogP contribution in [-0.4, -0.2) is 67.4 Å². The van der Waals surface area contributed by atoms with E-state index < -0.39 is 0 Å². The number of hydrogen-bond acceptors (Lipinski definition) is 8. The first-order chi connectivity index (χ1) is 13.6. The fraction of sp³-hybridized carbons (Fsp3) is 0.444. The normalized spacial score (nSPS) is 17.7. The second-order valence-electron chi connectivity index (χ2n) is 6.68. The number of hydrogen-bond donors (Lipinski definition) is 0. The number of piperazine rings is 1. The summed E-state index contributed by atoms with van der Waals surface area (Å²) < 4.78 is 5.35. The van der Waals surface area contributed by atoms with Crippen LogP contribution in [0.5, 0.6) is 0 Å². The largest absolute Gasteiger partial charge is 0.378 e. The van der Waals surface area contributed by atoms with E-state index in [4.69, 9.17) is 16.3 Å². The highest BCUT2D eigenvalue weighted by atomic mass is 35.5. The minimum absolute atomic E-state index is 0.0272. The second kappa shape index (κ2) is 8.15. The number of aromatic nitrogens is 2. The summed E-state index contributed by atoms with van der Waals surface area (Å²) in [7, 11) is 0. The fourth-order valence-electron chi connectivity index (χ4n) is 3.61. The Bertz CT molecular complexity index is 853. The molecule has 10 heteroatoms. The lowest BCUT2D eigenvalue weighted by molar-refractivity contribution is -0.383. The van der Waals surface area contributed by atoms with Crippen molar-refractivity contribution in [2.45, 2.75) is 0 Å². The van der Waals surface area contributed by atoms with Crippen LogP contribution in [0.3, 0.4) is 0 Å². The third-order valence-electron chi connectivity index (χ3n) is 5.03. The van der Waals surface area contributed by atoms with Crippen molar-refractivity contribution in [1.29, 1.82) is 0 Å². The zero-order valence-corrected chi connectivity index (χ0v) is 16.1. The fourth-order valence-corrected chi connectivity index (χ4v) is 3.80. The third kappa shape index (κ3) is 3.81. The van der Waals surface area contributed by atoms with E-state index in [1.165, 1.54) is 6.33 Å². The van der Waals surface area contributed by atoms with Crippen LogP contribution in [0.15, 0.2) is 30.6 Å².